The number of aliphatic hydroxyl groups is 1. The van der Waals surface area contributed by atoms with Gasteiger partial charge in [-0.25, -0.2) is 0 Å². The lowest BCUT2D eigenvalue weighted by Crippen LogP contribution is -2.39. The summed E-state index contributed by atoms with van der Waals surface area (Å²) in [7, 11) is 0. The number of halogens is 1. The van der Waals surface area contributed by atoms with Gasteiger partial charge in [0.1, 0.15) is 0 Å². The highest BCUT2D eigenvalue weighted by Gasteiger charge is 2.50. The van der Waals surface area contributed by atoms with E-state index < -0.39 is 0 Å². The number of carbonyl (C=O) groups is 1. The molecule has 102 valence electrons. The minimum atomic E-state index is -0.0678. The number of hydrogen-bond acceptors (Lipinski definition) is 3. The van der Waals surface area contributed by atoms with Crippen LogP contribution in [0.3, 0.4) is 0 Å². The predicted octanol–water partition coefficient (Wildman–Crippen LogP) is 0.415. The van der Waals surface area contributed by atoms with Crippen molar-refractivity contribution in [2.45, 2.75) is 12.8 Å². The largest absolute Gasteiger partial charge is 0.396 e. The number of allylic oxidation sites excluding steroid dienone is 2. The molecule has 4 nitrogen and oxygen atoms in total. The van der Waals surface area contributed by atoms with Gasteiger partial charge in [-0.2, -0.15) is 0 Å². The molecule has 2 saturated heterocycles. The van der Waals surface area contributed by atoms with E-state index in [0.717, 1.165) is 39.0 Å². The Balaban J connectivity index is 0.00000120. The molecular weight excluding hydrogens is 252 g/mol. The zero-order chi connectivity index (χ0) is 11.9. The Kier molecular flexibility index (Phi) is 3.99. The molecule has 3 aliphatic rings. The third-order valence-electron chi connectivity index (χ3n) is 4.66. The third kappa shape index (κ3) is 2.06. The lowest BCUT2D eigenvalue weighted by Gasteiger charge is -2.26. The summed E-state index contributed by atoms with van der Waals surface area (Å²) in [6.45, 7) is 3.53. The van der Waals surface area contributed by atoms with Crippen molar-refractivity contribution >= 4 is 18.3 Å². The zero-order valence-corrected chi connectivity index (χ0v) is 11.3. The Bertz CT molecular complexity index is 353. The summed E-state index contributed by atoms with van der Waals surface area (Å²) in [5.41, 5.74) is -0.0678. The second-order valence-electron chi connectivity index (χ2n) is 5.71. The Hall–Kier alpha value is -0.580. The van der Waals surface area contributed by atoms with Crippen LogP contribution in [0.1, 0.15) is 12.8 Å². The van der Waals surface area contributed by atoms with Crippen molar-refractivity contribution in [2.24, 2.45) is 17.3 Å². The predicted molar refractivity (Wildman–Crippen MR) is 71.6 cm³/mol. The van der Waals surface area contributed by atoms with Gasteiger partial charge in [0, 0.05) is 37.5 Å². The summed E-state index contributed by atoms with van der Waals surface area (Å²) < 4.78 is 0. The Morgan fingerprint density at radius 1 is 1.44 bits per heavy atom. The van der Waals surface area contributed by atoms with Crippen LogP contribution in [0.25, 0.3) is 0 Å². The van der Waals surface area contributed by atoms with E-state index in [1.54, 1.807) is 0 Å². The molecule has 0 aromatic carbocycles. The van der Waals surface area contributed by atoms with E-state index in [-0.39, 0.29) is 36.3 Å². The molecule has 0 aromatic rings. The van der Waals surface area contributed by atoms with Crippen LogP contribution in [-0.2, 0) is 4.79 Å². The molecule has 0 aromatic heterocycles. The molecule has 2 N–H and O–H groups in total. The first kappa shape index (κ1) is 13.8. The van der Waals surface area contributed by atoms with Gasteiger partial charge in [0.05, 0.1) is 6.61 Å². The number of aliphatic hydroxyl groups excluding tert-OH is 1. The summed E-state index contributed by atoms with van der Waals surface area (Å²) >= 11 is 0. The molecule has 2 heterocycles. The second-order valence-corrected chi connectivity index (χ2v) is 5.71. The normalized spacial score (nSPS) is 34.7. The quantitative estimate of drug-likeness (QED) is 0.716. The summed E-state index contributed by atoms with van der Waals surface area (Å²) in [4.78, 5) is 14.3. The van der Waals surface area contributed by atoms with Crippen molar-refractivity contribution < 1.29 is 9.90 Å². The Labute approximate surface area is 114 Å². The highest BCUT2D eigenvalue weighted by Crippen LogP contribution is 2.39. The molecule has 0 bridgehead atoms. The van der Waals surface area contributed by atoms with E-state index in [1.807, 2.05) is 4.90 Å². The van der Waals surface area contributed by atoms with Crippen LogP contribution in [0.5, 0.6) is 0 Å². The molecule has 2 unspecified atom stereocenters. The maximum Gasteiger partial charge on any atom is 0.226 e. The molecule has 3 rings (SSSR count). The van der Waals surface area contributed by atoms with Crippen molar-refractivity contribution in [2.75, 3.05) is 32.8 Å². The molecule has 0 saturated carbocycles. The van der Waals surface area contributed by atoms with Crippen molar-refractivity contribution in [3.8, 4) is 0 Å². The number of fused-ring (bicyclic) bond motifs is 1. The first-order valence-corrected chi connectivity index (χ1v) is 6.50. The maximum atomic E-state index is 12.3. The minimum Gasteiger partial charge on any atom is -0.396 e. The van der Waals surface area contributed by atoms with Crippen molar-refractivity contribution in [1.82, 2.24) is 10.2 Å². The monoisotopic (exact) mass is 272 g/mol. The van der Waals surface area contributed by atoms with Crippen LogP contribution < -0.4 is 5.32 Å². The SMILES string of the molecule is Cl.O=C(C1CC=CC1)N1CC2CNCC2(CO)C1. The van der Waals surface area contributed by atoms with Crippen LogP contribution >= 0.6 is 12.4 Å². The van der Waals surface area contributed by atoms with Gasteiger partial charge in [0.15, 0.2) is 0 Å². The number of carbonyl (C=O) groups excluding carboxylic acids is 1. The number of hydrogen-bond donors (Lipinski definition) is 2. The average molecular weight is 273 g/mol. The standard InChI is InChI=1S/C13H20N2O2.ClH/c16-9-13-7-14-5-11(13)6-15(8-13)12(17)10-3-1-2-4-10;/h1-2,10-11,14,16H,3-9H2;1H. The van der Waals surface area contributed by atoms with Crippen LogP contribution in [0.4, 0.5) is 0 Å². The molecular formula is C13H21ClN2O2. The fourth-order valence-electron chi connectivity index (χ4n) is 3.49. The maximum absolute atomic E-state index is 12.3. The number of likely N-dealkylation sites (tertiary alicyclic amines) is 1. The van der Waals surface area contributed by atoms with E-state index >= 15 is 0 Å². The fraction of sp³-hybridized carbons (Fsp3) is 0.769. The Morgan fingerprint density at radius 2 is 2.17 bits per heavy atom. The lowest BCUT2D eigenvalue weighted by atomic mass is 9.82. The highest BCUT2D eigenvalue weighted by atomic mass is 35.5. The van der Waals surface area contributed by atoms with Crippen LogP contribution in [0.15, 0.2) is 12.2 Å². The van der Waals surface area contributed by atoms with Gasteiger partial charge in [-0.3, -0.25) is 4.79 Å². The zero-order valence-electron chi connectivity index (χ0n) is 10.5. The molecule has 0 radical (unpaired) electrons. The second kappa shape index (κ2) is 5.19. The molecule has 2 aliphatic heterocycles. The van der Waals surface area contributed by atoms with Crippen LogP contribution in [0, 0.1) is 17.3 Å². The molecule has 18 heavy (non-hydrogen) atoms. The number of amides is 1. The van der Waals surface area contributed by atoms with Crippen molar-refractivity contribution in [3.05, 3.63) is 12.2 Å². The third-order valence-corrected chi connectivity index (χ3v) is 4.66. The van der Waals surface area contributed by atoms with Gasteiger partial charge in [-0.1, -0.05) is 12.2 Å². The first-order chi connectivity index (χ1) is 8.25. The van der Waals surface area contributed by atoms with Crippen molar-refractivity contribution in [3.63, 3.8) is 0 Å². The van der Waals surface area contributed by atoms with E-state index in [2.05, 4.69) is 17.5 Å². The number of nitrogens with zero attached hydrogens (tertiary/aromatic N) is 1. The number of rotatable bonds is 2. The van der Waals surface area contributed by atoms with Gasteiger partial charge in [0.2, 0.25) is 5.91 Å². The summed E-state index contributed by atoms with van der Waals surface area (Å²) in [5.74, 6) is 0.889. The Morgan fingerprint density at radius 3 is 2.78 bits per heavy atom. The molecule has 1 amide bonds. The van der Waals surface area contributed by atoms with E-state index in [0.29, 0.717) is 5.92 Å². The molecule has 0 spiro atoms. The van der Waals surface area contributed by atoms with Crippen LogP contribution in [-0.4, -0.2) is 48.7 Å². The fourth-order valence-corrected chi connectivity index (χ4v) is 3.49. The lowest BCUT2D eigenvalue weighted by molar-refractivity contribution is -0.134. The van der Waals surface area contributed by atoms with Crippen molar-refractivity contribution in [1.29, 1.82) is 0 Å². The smallest absolute Gasteiger partial charge is 0.226 e. The highest BCUT2D eigenvalue weighted by molar-refractivity contribution is 5.85. The summed E-state index contributed by atoms with van der Waals surface area (Å²) in [6.07, 6.45) is 5.99. The van der Waals surface area contributed by atoms with E-state index in [4.69, 9.17) is 0 Å². The van der Waals surface area contributed by atoms with Gasteiger partial charge in [-0.15, -0.1) is 12.4 Å². The van der Waals surface area contributed by atoms with Gasteiger partial charge in [-0.05, 0) is 18.8 Å². The van der Waals surface area contributed by atoms with E-state index in [9.17, 15) is 9.90 Å². The number of nitrogens with one attached hydrogen (secondary N) is 1. The minimum absolute atomic E-state index is 0. The molecule has 1 aliphatic carbocycles. The van der Waals surface area contributed by atoms with E-state index in [1.165, 1.54) is 0 Å². The first-order valence-electron chi connectivity index (χ1n) is 6.50. The van der Waals surface area contributed by atoms with Gasteiger partial charge >= 0.3 is 0 Å². The van der Waals surface area contributed by atoms with Gasteiger partial charge in [0.25, 0.3) is 0 Å². The molecule has 2 fully saturated rings. The summed E-state index contributed by atoms with van der Waals surface area (Å²) in [6, 6.07) is 0. The molecule has 2 atom stereocenters. The molecule has 5 heteroatoms. The topological polar surface area (TPSA) is 52.6 Å². The summed E-state index contributed by atoms with van der Waals surface area (Å²) in [5, 5.41) is 12.9. The van der Waals surface area contributed by atoms with Crippen LogP contribution in [0.2, 0.25) is 0 Å². The average Bonchev–Trinajstić information content (AvgIpc) is 3.03. The van der Waals surface area contributed by atoms with Gasteiger partial charge < -0.3 is 15.3 Å².